The minimum atomic E-state index is 0.00722. The Morgan fingerprint density at radius 1 is 1.32 bits per heavy atom. The monoisotopic (exact) mass is 296 g/mol. The highest BCUT2D eigenvalue weighted by molar-refractivity contribution is 7.99. The van der Waals surface area contributed by atoms with E-state index in [1.54, 1.807) is 18.0 Å². The number of rotatable bonds is 6. The molecular weight excluding hydrogens is 280 g/mol. The molecule has 1 aromatic heterocycles. The molecule has 0 unspecified atom stereocenters. The molecule has 3 nitrogen and oxygen atoms in total. The number of halogens is 1. The molecule has 0 fully saturated rings. The van der Waals surface area contributed by atoms with Crippen molar-refractivity contribution < 1.29 is 5.11 Å². The minimum absolute atomic E-state index is 0.00722. The summed E-state index contributed by atoms with van der Waals surface area (Å²) in [6.45, 7) is 2.86. The molecule has 0 bridgehead atoms. The molecule has 0 atom stereocenters. The molecule has 2 rings (SSSR count). The molecule has 102 valence electrons. The van der Waals surface area contributed by atoms with Gasteiger partial charge in [-0.05, 0) is 24.1 Å². The van der Waals surface area contributed by atoms with Crippen LogP contribution >= 0.6 is 23.4 Å². The van der Waals surface area contributed by atoms with Crippen LogP contribution in [0.1, 0.15) is 24.6 Å². The SMILES string of the molecule is CCCSc1ncc(CO)n1Cc1ccc(Cl)cc1. The molecule has 0 aliphatic rings. The average molecular weight is 297 g/mol. The number of benzene rings is 1. The summed E-state index contributed by atoms with van der Waals surface area (Å²) in [6.07, 6.45) is 2.85. The Balaban J connectivity index is 2.21. The number of nitrogens with zero attached hydrogens (tertiary/aromatic N) is 2. The summed E-state index contributed by atoms with van der Waals surface area (Å²) in [5.41, 5.74) is 1.99. The molecule has 5 heteroatoms. The van der Waals surface area contributed by atoms with E-state index in [2.05, 4.69) is 16.5 Å². The van der Waals surface area contributed by atoms with Crippen molar-refractivity contribution in [2.45, 2.75) is 31.7 Å². The van der Waals surface area contributed by atoms with Gasteiger partial charge in [0.2, 0.25) is 0 Å². The molecule has 0 radical (unpaired) electrons. The number of thioether (sulfide) groups is 1. The Kier molecular flexibility index (Phi) is 5.31. The lowest BCUT2D eigenvalue weighted by Crippen LogP contribution is -2.06. The van der Waals surface area contributed by atoms with E-state index in [9.17, 15) is 5.11 Å². The number of aliphatic hydroxyl groups excluding tert-OH is 1. The van der Waals surface area contributed by atoms with Crippen LogP contribution in [0.25, 0.3) is 0 Å². The third-order valence-corrected chi connectivity index (χ3v) is 4.20. The van der Waals surface area contributed by atoms with Gasteiger partial charge in [-0.1, -0.05) is 42.4 Å². The lowest BCUT2D eigenvalue weighted by Gasteiger charge is -2.10. The maximum absolute atomic E-state index is 9.39. The Labute approximate surface area is 122 Å². The highest BCUT2D eigenvalue weighted by atomic mass is 35.5. The van der Waals surface area contributed by atoms with Crippen LogP contribution < -0.4 is 0 Å². The largest absolute Gasteiger partial charge is 0.390 e. The van der Waals surface area contributed by atoms with Crippen LogP contribution in [0.2, 0.25) is 5.02 Å². The molecule has 0 saturated carbocycles. The van der Waals surface area contributed by atoms with Gasteiger partial charge in [-0.15, -0.1) is 0 Å². The molecule has 0 amide bonds. The fraction of sp³-hybridized carbons (Fsp3) is 0.357. The smallest absolute Gasteiger partial charge is 0.168 e. The van der Waals surface area contributed by atoms with Gasteiger partial charge in [0, 0.05) is 17.3 Å². The van der Waals surface area contributed by atoms with Gasteiger partial charge in [-0.2, -0.15) is 0 Å². The van der Waals surface area contributed by atoms with Crippen LogP contribution in [-0.2, 0) is 13.2 Å². The van der Waals surface area contributed by atoms with E-state index in [1.165, 1.54) is 0 Å². The van der Waals surface area contributed by atoms with Crippen LogP contribution in [-0.4, -0.2) is 20.4 Å². The number of hydrogen-bond acceptors (Lipinski definition) is 3. The van der Waals surface area contributed by atoms with Crippen molar-refractivity contribution in [3.05, 3.63) is 46.7 Å². The standard InChI is InChI=1S/C14H17ClN2OS/c1-2-7-19-14-16-8-13(10-18)17(14)9-11-3-5-12(15)6-4-11/h3-6,8,18H,2,7,9-10H2,1H3. The Hall–Kier alpha value is -0.970. The highest BCUT2D eigenvalue weighted by Gasteiger charge is 2.10. The van der Waals surface area contributed by atoms with Crippen molar-refractivity contribution in [3.8, 4) is 0 Å². The molecule has 0 aliphatic heterocycles. The molecule has 19 heavy (non-hydrogen) atoms. The Morgan fingerprint density at radius 2 is 2.05 bits per heavy atom. The van der Waals surface area contributed by atoms with E-state index in [0.29, 0.717) is 6.54 Å². The van der Waals surface area contributed by atoms with Crippen LogP contribution in [0.15, 0.2) is 35.6 Å². The molecular formula is C14H17ClN2OS. The zero-order chi connectivity index (χ0) is 13.7. The third kappa shape index (κ3) is 3.75. The first-order valence-electron chi connectivity index (χ1n) is 6.27. The third-order valence-electron chi connectivity index (χ3n) is 2.75. The van der Waals surface area contributed by atoms with Crippen molar-refractivity contribution in [1.29, 1.82) is 0 Å². The van der Waals surface area contributed by atoms with Gasteiger partial charge < -0.3 is 9.67 Å². The predicted octanol–water partition coefficient (Wildman–Crippen LogP) is 3.58. The number of imidazole rings is 1. The van der Waals surface area contributed by atoms with Gasteiger partial charge >= 0.3 is 0 Å². The zero-order valence-corrected chi connectivity index (χ0v) is 12.4. The van der Waals surface area contributed by atoms with Gasteiger partial charge in [-0.3, -0.25) is 0 Å². The van der Waals surface area contributed by atoms with Crippen LogP contribution in [0.5, 0.6) is 0 Å². The molecule has 0 aliphatic carbocycles. The fourth-order valence-corrected chi connectivity index (χ4v) is 2.75. The van der Waals surface area contributed by atoms with Gasteiger partial charge in [0.15, 0.2) is 5.16 Å². The first-order valence-corrected chi connectivity index (χ1v) is 7.63. The second kappa shape index (κ2) is 6.98. The van der Waals surface area contributed by atoms with Crippen LogP contribution in [0.3, 0.4) is 0 Å². The molecule has 1 N–H and O–H groups in total. The lowest BCUT2D eigenvalue weighted by atomic mass is 10.2. The lowest BCUT2D eigenvalue weighted by molar-refractivity contribution is 0.270. The van der Waals surface area contributed by atoms with Gasteiger partial charge in [0.1, 0.15) is 0 Å². The summed E-state index contributed by atoms with van der Waals surface area (Å²) in [6, 6.07) is 7.76. The molecule has 0 saturated heterocycles. The van der Waals surface area contributed by atoms with Gasteiger partial charge in [-0.25, -0.2) is 4.98 Å². The van der Waals surface area contributed by atoms with Crippen LogP contribution in [0.4, 0.5) is 0 Å². The Morgan fingerprint density at radius 3 is 2.68 bits per heavy atom. The van der Waals surface area contributed by atoms with Crippen molar-refractivity contribution in [2.24, 2.45) is 0 Å². The molecule has 0 spiro atoms. The van der Waals surface area contributed by atoms with E-state index < -0.39 is 0 Å². The molecule has 1 aromatic carbocycles. The summed E-state index contributed by atoms with van der Waals surface area (Å²) >= 11 is 7.61. The summed E-state index contributed by atoms with van der Waals surface area (Å²) in [5.74, 6) is 1.03. The topological polar surface area (TPSA) is 38.1 Å². The highest BCUT2D eigenvalue weighted by Crippen LogP contribution is 2.21. The van der Waals surface area contributed by atoms with Crippen molar-refractivity contribution in [1.82, 2.24) is 9.55 Å². The van der Waals surface area contributed by atoms with Crippen molar-refractivity contribution >= 4 is 23.4 Å². The van der Waals surface area contributed by atoms with E-state index in [-0.39, 0.29) is 6.61 Å². The second-order valence-corrected chi connectivity index (χ2v) is 5.75. The van der Waals surface area contributed by atoms with Gasteiger partial charge in [0.05, 0.1) is 18.5 Å². The maximum Gasteiger partial charge on any atom is 0.168 e. The fourth-order valence-electron chi connectivity index (χ4n) is 1.77. The first-order chi connectivity index (χ1) is 9.24. The van der Waals surface area contributed by atoms with Gasteiger partial charge in [0.25, 0.3) is 0 Å². The normalized spacial score (nSPS) is 10.9. The summed E-state index contributed by atoms with van der Waals surface area (Å²) in [4.78, 5) is 4.38. The minimum Gasteiger partial charge on any atom is -0.390 e. The van der Waals surface area contributed by atoms with E-state index in [4.69, 9.17) is 11.6 Å². The number of aromatic nitrogens is 2. The first kappa shape index (κ1) is 14.4. The van der Waals surface area contributed by atoms with Crippen molar-refractivity contribution in [2.75, 3.05) is 5.75 Å². The quantitative estimate of drug-likeness (QED) is 0.828. The predicted molar refractivity (Wildman–Crippen MR) is 79.7 cm³/mol. The maximum atomic E-state index is 9.39. The summed E-state index contributed by atoms with van der Waals surface area (Å²) in [5, 5.41) is 11.1. The summed E-state index contributed by atoms with van der Waals surface area (Å²) < 4.78 is 2.06. The number of hydrogen-bond donors (Lipinski definition) is 1. The van der Waals surface area contributed by atoms with E-state index in [0.717, 1.165) is 33.6 Å². The summed E-state index contributed by atoms with van der Waals surface area (Å²) in [7, 11) is 0. The molecule has 2 aromatic rings. The van der Waals surface area contributed by atoms with E-state index in [1.807, 2.05) is 24.3 Å². The molecule has 1 heterocycles. The number of aliphatic hydroxyl groups is 1. The van der Waals surface area contributed by atoms with Crippen molar-refractivity contribution in [3.63, 3.8) is 0 Å². The van der Waals surface area contributed by atoms with Crippen LogP contribution in [0, 0.1) is 0 Å². The second-order valence-electron chi connectivity index (χ2n) is 4.25. The zero-order valence-electron chi connectivity index (χ0n) is 10.8. The van der Waals surface area contributed by atoms with E-state index >= 15 is 0 Å². The Bertz CT molecular complexity index is 525. The average Bonchev–Trinajstić information content (AvgIpc) is 2.81.